The predicted octanol–water partition coefficient (Wildman–Crippen LogP) is 1.65. The van der Waals surface area contributed by atoms with Crippen LogP contribution < -0.4 is 4.74 Å². The number of nitrogens with zero attached hydrogens (tertiary/aromatic N) is 2. The second kappa shape index (κ2) is 7.25. The fraction of sp³-hybridized carbons (Fsp3) is 0.556. The standard InChI is InChI=1S/C18H24N2O4S/c1-19-7-6-13-9-20(12-18(13,11-19)17(22)23)16(21)10-25-15-5-3-4-14(8-15)24-2/h3-5,8,13H,6-7,9-12H2,1-2H3,(H,22,23)/t13-,18-/m0/s1. The van der Waals surface area contributed by atoms with Gasteiger partial charge in [-0.25, -0.2) is 0 Å². The number of carbonyl (C=O) groups excluding carboxylic acids is 1. The second-order valence-corrected chi connectivity index (χ2v) is 7.98. The van der Waals surface area contributed by atoms with Crippen molar-refractivity contribution >= 4 is 23.6 Å². The Labute approximate surface area is 152 Å². The van der Waals surface area contributed by atoms with Gasteiger partial charge in [0.05, 0.1) is 12.9 Å². The van der Waals surface area contributed by atoms with Gasteiger partial charge in [0.15, 0.2) is 0 Å². The van der Waals surface area contributed by atoms with E-state index in [0.29, 0.717) is 25.4 Å². The molecule has 0 radical (unpaired) electrons. The summed E-state index contributed by atoms with van der Waals surface area (Å²) in [5, 5.41) is 9.80. The molecule has 2 aliphatic rings. The fourth-order valence-corrected chi connectivity index (χ4v) is 4.73. The highest BCUT2D eigenvalue weighted by Crippen LogP contribution is 2.42. The van der Waals surface area contributed by atoms with Crippen molar-refractivity contribution in [2.24, 2.45) is 11.3 Å². The van der Waals surface area contributed by atoms with E-state index in [0.717, 1.165) is 23.6 Å². The number of piperidine rings is 1. The van der Waals surface area contributed by atoms with Gasteiger partial charge in [-0.3, -0.25) is 9.59 Å². The smallest absolute Gasteiger partial charge is 0.313 e. The van der Waals surface area contributed by atoms with Gasteiger partial charge in [0.1, 0.15) is 11.2 Å². The van der Waals surface area contributed by atoms with Crippen molar-refractivity contribution in [2.75, 3.05) is 46.1 Å². The van der Waals surface area contributed by atoms with Crippen LogP contribution in [0.25, 0.3) is 0 Å². The minimum atomic E-state index is -0.816. The van der Waals surface area contributed by atoms with E-state index in [1.807, 2.05) is 31.3 Å². The van der Waals surface area contributed by atoms with Crippen molar-refractivity contribution in [1.82, 2.24) is 9.80 Å². The number of aliphatic carboxylic acids is 1. The fourth-order valence-electron chi connectivity index (χ4n) is 3.89. The molecule has 1 amide bonds. The number of hydrogen-bond donors (Lipinski definition) is 1. The molecule has 136 valence electrons. The molecule has 0 saturated carbocycles. The predicted molar refractivity (Wildman–Crippen MR) is 96.0 cm³/mol. The molecular weight excluding hydrogens is 340 g/mol. The lowest BCUT2D eigenvalue weighted by atomic mass is 9.73. The molecule has 6 nitrogen and oxygen atoms in total. The average molecular weight is 364 g/mol. The zero-order chi connectivity index (χ0) is 18.0. The van der Waals surface area contributed by atoms with E-state index >= 15 is 0 Å². The van der Waals surface area contributed by atoms with E-state index in [1.54, 1.807) is 12.0 Å². The van der Waals surface area contributed by atoms with Crippen molar-refractivity contribution in [1.29, 1.82) is 0 Å². The van der Waals surface area contributed by atoms with Crippen LogP contribution in [0.5, 0.6) is 5.75 Å². The molecule has 0 bridgehead atoms. The van der Waals surface area contributed by atoms with E-state index in [4.69, 9.17) is 4.74 Å². The van der Waals surface area contributed by atoms with Crippen LogP contribution in [0.2, 0.25) is 0 Å². The van der Waals surface area contributed by atoms with Gasteiger partial charge < -0.3 is 19.6 Å². The molecule has 2 heterocycles. The number of carboxylic acids is 1. The third-order valence-electron chi connectivity index (χ3n) is 5.29. The maximum atomic E-state index is 12.6. The first-order valence-corrected chi connectivity index (χ1v) is 9.40. The lowest BCUT2D eigenvalue weighted by Gasteiger charge is -2.39. The van der Waals surface area contributed by atoms with Crippen molar-refractivity contribution in [3.63, 3.8) is 0 Å². The second-order valence-electron chi connectivity index (χ2n) is 6.93. The SMILES string of the molecule is COc1cccc(SCC(=O)N2C[C@@H]3CCN(C)C[C@]3(C(=O)O)C2)c1. The van der Waals surface area contributed by atoms with Gasteiger partial charge in [0.2, 0.25) is 5.91 Å². The summed E-state index contributed by atoms with van der Waals surface area (Å²) in [7, 11) is 3.56. The molecule has 0 aromatic heterocycles. The lowest BCUT2D eigenvalue weighted by Crippen LogP contribution is -2.52. The molecule has 1 aromatic carbocycles. The first-order chi connectivity index (χ1) is 11.9. The normalized spacial score (nSPS) is 26.3. The van der Waals surface area contributed by atoms with Crippen LogP contribution in [0.3, 0.4) is 0 Å². The summed E-state index contributed by atoms with van der Waals surface area (Å²) >= 11 is 1.46. The van der Waals surface area contributed by atoms with Crippen LogP contribution in [0.1, 0.15) is 6.42 Å². The largest absolute Gasteiger partial charge is 0.497 e. The number of hydrogen-bond acceptors (Lipinski definition) is 5. The number of thioether (sulfide) groups is 1. The Kier molecular flexibility index (Phi) is 5.24. The number of benzene rings is 1. The van der Waals surface area contributed by atoms with Gasteiger partial charge in [-0.2, -0.15) is 0 Å². The highest BCUT2D eigenvalue weighted by Gasteiger charge is 2.55. The van der Waals surface area contributed by atoms with Gasteiger partial charge in [0, 0.05) is 24.5 Å². The summed E-state index contributed by atoms with van der Waals surface area (Å²) in [5.74, 6) is 0.348. The molecule has 1 N–H and O–H groups in total. The molecule has 2 saturated heterocycles. The van der Waals surface area contributed by atoms with E-state index in [2.05, 4.69) is 4.90 Å². The summed E-state index contributed by atoms with van der Waals surface area (Å²) in [6.45, 7) is 2.27. The van der Waals surface area contributed by atoms with Gasteiger partial charge >= 0.3 is 5.97 Å². The molecule has 0 unspecified atom stereocenters. The Hall–Kier alpha value is -1.73. The monoisotopic (exact) mass is 364 g/mol. The molecule has 2 atom stereocenters. The summed E-state index contributed by atoms with van der Waals surface area (Å²) in [5.41, 5.74) is -0.816. The van der Waals surface area contributed by atoms with Crippen LogP contribution in [-0.2, 0) is 9.59 Å². The Bertz CT molecular complexity index is 668. The van der Waals surface area contributed by atoms with E-state index in [9.17, 15) is 14.7 Å². The van der Waals surface area contributed by atoms with E-state index < -0.39 is 11.4 Å². The van der Waals surface area contributed by atoms with Crippen LogP contribution >= 0.6 is 11.8 Å². The Balaban J connectivity index is 1.64. The van der Waals surface area contributed by atoms with Gasteiger partial charge in [-0.05, 0) is 44.1 Å². The topological polar surface area (TPSA) is 70.1 Å². The summed E-state index contributed by atoms with van der Waals surface area (Å²) in [6, 6.07) is 7.60. The first kappa shape index (κ1) is 18.1. The minimum Gasteiger partial charge on any atom is -0.497 e. The average Bonchev–Trinajstić information content (AvgIpc) is 3.00. The van der Waals surface area contributed by atoms with Crippen LogP contribution in [-0.4, -0.2) is 72.9 Å². The Morgan fingerprint density at radius 1 is 1.40 bits per heavy atom. The number of carboxylic acid groups (broad SMARTS) is 1. The summed E-state index contributed by atoms with van der Waals surface area (Å²) < 4.78 is 5.20. The molecule has 25 heavy (non-hydrogen) atoms. The van der Waals surface area contributed by atoms with Crippen LogP contribution in [0.15, 0.2) is 29.2 Å². The maximum absolute atomic E-state index is 12.6. The molecule has 0 spiro atoms. The number of methoxy groups -OCH3 is 1. The third-order valence-corrected chi connectivity index (χ3v) is 6.27. The van der Waals surface area contributed by atoms with E-state index in [-0.39, 0.29) is 11.8 Å². The van der Waals surface area contributed by atoms with Crippen molar-refractivity contribution in [2.45, 2.75) is 11.3 Å². The Morgan fingerprint density at radius 2 is 2.20 bits per heavy atom. The highest BCUT2D eigenvalue weighted by atomic mass is 32.2. The van der Waals surface area contributed by atoms with Crippen molar-refractivity contribution in [3.8, 4) is 5.75 Å². The number of fused-ring (bicyclic) bond motifs is 1. The number of carbonyl (C=O) groups is 2. The van der Waals surface area contributed by atoms with Gasteiger partial charge in [-0.1, -0.05) is 6.07 Å². The minimum absolute atomic E-state index is 0.00509. The molecule has 0 aliphatic carbocycles. The highest BCUT2D eigenvalue weighted by molar-refractivity contribution is 8.00. The Morgan fingerprint density at radius 3 is 2.92 bits per heavy atom. The van der Waals surface area contributed by atoms with Gasteiger partial charge in [0.25, 0.3) is 0 Å². The lowest BCUT2D eigenvalue weighted by molar-refractivity contribution is -0.154. The first-order valence-electron chi connectivity index (χ1n) is 8.41. The van der Waals surface area contributed by atoms with E-state index in [1.165, 1.54) is 11.8 Å². The third kappa shape index (κ3) is 3.62. The molecule has 7 heteroatoms. The zero-order valence-corrected chi connectivity index (χ0v) is 15.4. The molecule has 3 rings (SSSR count). The molecule has 2 fully saturated rings. The van der Waals surface area contributed by atoms with Crippen molar-refractivity contribution in [3.05, 3.63) is 24.3 Å². The van der Waals surface area contributed by atoms with Crippen LogP contribution in [0.4, 0.5) is 0 Å². The quantitative estimate of drug-likeness (QED) is 0.801. The van der Waals surface area contributed by atoms with Crippen molar-refractivity contribution < 1.29 is 19.4 Å². The summed E-state index contributed by atoms with van der Waals surface area (Å²) in [6.07, 6.45) is 0.829. The van der Waals surface area contributed by atoms with Crippen LogP contribution in [0, 0.1) is 11.3 Å². The number of amides is 1. The molecule has 1 aromatic rings. The number of likely N-dealkylation sites (tertiary alicyclic amines) is 2. The summed E-state index contributed by atoms with van der Waals surface area (Å²) in [4.78, 5) is 29.3. The maximum Gasteiger partial charge on any atom is 0.313 e. The van der Waals surface area contributed by atoms with Gasteiger partial charge in [-0.15, -0.1) is 11.8 Å². The molecular formula is C18H24N2O4S. The zero-order valence-electron chi connectivity index (χ0n) is 14.6. The number of rotatable bonds is 5. The number of ether oxygens (including phenoxy) is 1. The molecule has 2 aliphatic heterocycles.